The van der Waals surface area contributed by atoms with Crippen molar-refractivity contribution in [3.05, 3.63) is 50.7 Å². The molecule has 4 rings (SSSR count). The third-order valence-corrected chi connectivity index (χ3v) is 8.70. The number of likely N-dealkylation sites (tertiary alicyclic amines) is 1. The van der Waals surface area contributed by atoms with Gasteiger partial charge in [-0.3, -0.25) is 9.78 Å². The summed E-state index contributed by atoms with van der Waals surface area (Å²) in [6.45, 7) is 3.41. The number of hydrogen-bond donors (Lipinski definition) is 1. The number of pyridine rings is 1. The van der Waals surface area contributed by atoms with Crippen LogP contribution in [0.5, 0.6) is 0 Å². The molecule has 2 aromatic heterocycles. The molecule has 1 atom stereocenters. The van der Waals surface area contributed by atoms with Gasteiger partial charge in [0.2, 0.25) is 15.9 Å². The van der Waals surface area contributed by atoms with Crippen molar-refractivity contribution in [2.24, 2.45) is 11.8 Å². The summed E-state index contributed by atoms with van der Waals surface area (Å²) in [5.74, 6) is 0.416. The second kappa shape index (κ2) is 10.5. The number of nitrogens with zero attached hydrogens (tertiary/aromatic N) is 3. The summed E-state index contributed by atoms with van der Waals surface area (Å²) in [6, 6.07) is 7.76. The van der Waals surface area contributed by atoms with Gasteiger partial charge in [0.05, 0.1) is 3.79 Å². The number of carbonyl (C=O) groups is 1. The van der Waals surface area contributed by atoms with Gasteiger partial charge in [-0.1, -0.05) is 0 Å². The van der Waals surface area contributed by atoms with Gasteiger partial charge in [0, 0.05) is 67.0 Å². The van der Waals surface area contributed by atoms with Crippen LogP contribution in [0.1, 0.15) is 24.1 Å². The zero-order valence-corrected chi connectivity index (χ0v) is 20.9. The summed E-state index contributed by atoms with van der Waals surface area (Å²) in [4.78, 5) is 22.2. The van der Waals surface area contributed by atoms with Crippen LogP contribution in [-0.4, -0.2) is 56.9 Å². The van der Waals surface area contributed by atoms with E-state index in [0.29, 0.717) is 19.6 Å². The topological polar surface area (TPSA) is 82.6 Å². The van der Waals surface area contributed by atoms with Gasteiger partial charge in [-0.15, -0.1) is 11.3 Å². The van der Waals surface area contributed by atoms with E-state index in [4.69, 9.17) is 0 Å². The fourth-order valence-corrected chi connectivity index (χ4v) is 6.56. The molecular formula is C22H27BrN4O3S2. The van der Waals surface area contributed by atoms with Crippen molar-refractivity contribution < 1.29 is 13.2 Å². The zero-order valence-electron chi connectivity index (χ0n) is 17.7. The van der Waals surface area contributed by atoms with Gasteiger partial charge in [0.25, 0.3) is 0 Å². The average molecular weight is 540 g/mol. The monoisotopic (exact) mass is 538 g/mol. The predicted octanol–water partition coefficient (Wildman–Crippen LogP) is 3.56. The lowest BCUT2D eigenvalue weighted by Gasteiger charge is -2.34. The Labute approximate surface area is 201 Å². The SMILES string of the molecule is O=C(C1CCN(c2ccncc2)CC1)N1CC[C@@H](CNS(=O)(=O)C=Cc2ccc(Br)s2)C1. The summed E-state index contributed by atoms with van der Waals surface area (Å²) >= 11 is 4.85. The Morgan fingerprint density at radius 2 is 1.91 bits per heavy atom. The van der Waals surface area contributed by atoms with Crippen molar-refractivity contribution in [3.63, 3.8) is 0 Å². The summed E-state index contributed by atoms with van der Waals surface area (Å²) in [5.41, 5.74) is 1.15. The lowest BCUT2D eigenvalue weighted by Crippen LogP contribution is -2.42. The van der Waals surface area contributed by atoms with Crippen LogP contribution in [0.25, 0.3) is 6.08 Å². The van der Waals surface area contributed by atoms with Gasteiger partial charge in [-0.2, -0.15) is 0 Å². The maximum absolute atomic E-state index is 13.0. The Morgan fingerprint density at radius 1 is 1.16 bits per heavy atom. The van der Waals surface area contributed by atoms with E-state index >= 15 is 0 Å². The molecule has 7 nitrogen and oxygen atoms in total. The number of aromatic nitrogens is 1. The fraction of sp³-hybridized carbons (Fsp3) is 0.455. The summed E-state index contributed by atoms with van der Waals surface area (Å²) in [6.07, 6.45) is 7.70. The number of thiophene rings is 1. The van der Waals surface area contributed by atoms with E-state index in [0.717, 1.165) is 46.7 Å². The number of rotatable bonds is 7. The first-order chi connectivity index (χ1) is 15.4. The molecule has 2 aromatic rings. The summed E-state index contributed by atoms with van der Waals surface area (Å²) in [5, 5.41) is 1.21. The number of nitrogens with one attached hydrogen (secondary N) is 1. The number of hydrogen-bond acceptors (Lipinski definition) is 6. The van der Waals surface area contributed by atoms with Crippen LogP contribution < -0.4 is 9.62 Å². The first-order valence-corrected chi connectivity index (χ1v) is 13.9. The molecule has 2 saturated heterocycles. The highest BCUT2D eigenvalue weighted by Gasteiger charge is 2.33. The van der Waals surface area contributed by atoms with Gasteiger partial charge in [0.1, 0.15) is 0 Å². The average Bonchev–Trinajstić information content (AvgIpc) is 3.46. The number of anilines is 1. The minimum Gasteiger partial charge on any atom is -0.371 e. The van der Waals surface area contributed by atoms with Crippen molar-refractivity contribution in [3.8, 4) is 0 Å². The van der Waals surface area contributed by atoms with Gasteiger partial charge in [0.15, 0.2) is 0 Å². The largest absolute Gasteiger partial charge is 0.371 e. The lowest BCUT2D eigenvalue weighted by atomic mass is 9.95. The van der Waals surface area contributed by atoms with Crippen LogP contribution >= 0.6 is 27.3 Å². The molecule has 1 amide bonds. The highest BCUT2D eigenvalue weighted by Crippen LogP contribution is 2.27. The van der Waals surface area contributed by atoms with Crippen molar-refractivity contribution in [1.29, 1.82) is 0 Å². The van der Waals surface area contributed by atoms with Crippen molar-refractivity contribution >= 4 is 55.0 Å². The minimum atomic E-state index is -3.50. The number of carbonyl (C=O) groups excluding carboxylic acids is 1. The van der Waals surface area contributed by atoms with E-state index < -0.39 is 10.0 Å². The molecule has 0 saturated carbocycles. The number of halogens is 1. The molecule has 0 spiro atoms. The van der Waals surface area contributed by atoms with Crippen LogP contribution in [0.4, 0.5) is 5.69 Å². The molecule has 10 heteroatoms. The molecule has 32 heavy (non-hydrogen) atoms. The molecule has 0 unspecified atom stereocenters. The fourth-order valence-electron chi connectivity index (χ4n) is 4.25. The van der Waals surface area contributed by atoms with E-state index in [1.165, 1.54) is 16.7 Å². The van der Waals surface area contributed by atoms with Crippen molar-refractivity contribution in [2.75, 3.05) is 37.6 Å². The predicted molar refractivity (Wildman–Crippen MR) is 132 cm³/mol. The van der Waals surface area contributed by atoms with Crippen molar-refractivity contribution in [1.82, 2.24) is 14.6 Å². The maximum Gasteiger partial charge on any atom is 0.233 e. The van der Waals surface area contributed by atoms with E-state index in [2.05, 4.69) is 30.5 Å². The third kappa shape index (κ3) is 6.18. The summed E-state index contributed by atoms with van der Waals surface area (Å²) in [7, 11) is -3.50. The highest BCUT2D eigenvalue weighted by molar-refractivity contribution is 9.11. The molecule has 172 valence electrons. The van der Waals surface area contributed by atoms with Crippen LogP contribution in [0.2, 0.25) is 0 Å². The molecule has 0 radical (unpaired) electrons. The molecule has 4 heterocycles. The summed E-state index contributed by atoms with van der Waals surface area (Å²) < 4.78 is 28.2. The second-order valence-electron chi connectivity index (χ2n) is 8.24. The van der Waals surface area contributed by atoms with E-state index in [9.17, 15) is 13.2 Å². The Hall–Kier alpha value is -1.75. The van der Waals surface area contributed by atoms with E-state index in [1.807, 2.05) is 29.2 Å². The van der Waals surface area contributed by atoms with Crippen LogP contribution in [-0.2, 0) is 14.8 Å². The van der Waals surface area contributed by atoms with Gasteiger partial charge >= 0.3 is 0 Å². The van der Waals surface area contributed by atoms with Crippen molar-refractivity contribution in [2.45, 2.75) is 19.3 Å². The molecule has 0 bridgehead atoms. The Kier molecular flexibility index (Phi) is 7.65. The highest BCUT2D eigenvalue weighted by atomic mass is 79.9. The maximum atomic E-state index is 13.0. The quantitative estimate of drug-likeness (QED) is 0.582. The molecule has 2 aliphatic rings. The Balaban J connectivity index is 1.22. The van der Waals surface area contributed by atoms with E-state index in [-0.39, 0.29) is 17.7 Å². The Bertz CT molecular complexity index is 1050. The molecular weight excluding hydrogens is 512 g/mol. The van der Waals surface area contributed by atoms with E-state index in [1.54, 1.807) is 18.5 Å². The first kappa shape index (κ1) is 23.4. The lowest BCUT2D eigenvalue weighted by molar-refractivity contribution is -0.135. The molecule has 0 aliphatic carbocycles. The number of piperidine rings is 1. The van der Waals surface area contributed by atoms with Crippen LogP contribution in [0.15, 0.2) is 45.9 Å². The van der Waals surface area contributed by atoms with Gasteiger partial charge in [-0.05, 0) is 71.5 Å². The first-order valence-electron chi connectivity index (χ1n) is 10.8. The third-order valence-electron chi connectivity index (χ3n) is 6.05. The van der Waals surface area contributed by atoms with Crippen LogP contribution in [0, 0.1) is 11.8 Å². The van der Waals surface area contributed by atoms with Gasteiger partial charge < -0.3 is 9.80 Å². The molecule has 2 fully saturated rings. The number of sulfonamides is 1. The molecule has 0 aromatic carbocycles. The second-order valence-corrected chi connectivity index (χ2v) is 12.4. The number of amides is 1. The van der Waals surface area contributed by atoms with Crippen LogP contribution in [0.3, 0.4) is 0 Å². The smallest absolute Gasteiger partial charge is 0.233 e. The molecule has 2 aliphatic heterocycles. The standard InChI is InChI=1S/C22H27BrN4O3S2/c23-21-2-1-20(31-21)8-14-32(29,30)25-15-17-5-11-27(16-17)22(28)18-6-12-26(13-7-18)19-3-9-24-10-4-19/h1-4,8-10,14,17-18,25H,5-7,11-13,15-16H2/t17-/m0/s1. The Morgan fingerprint density at radius 3 is 2.59 bits per heavy atom. The van der Waals surface area contributed by atoms with Gasteiger partial charge in [-0.25, -0.2) is 13.1 Å². The molecule has 1 N–H and O–H groups in total. The normalized spacial score (nSPS) is 20.3. The zero-order chi connectivity index (χ0) is 22.6. The minimum absolute atomic E-state index is 0.0524.